The fourth-order valence-corrected chi connectivity index (χ4v) is 2.52. The number of guanidine groups is 1. The standard InChI is InChI=1S/C19H25F3N6/c1-3-4-5-6-10-24-16-11-13(2)25-18(27-16)28-17(23)26-15-9-7-8-14(12-15)19(20,21)22/h7-9,11-12H,3-6,10H2,1-2H3,(H4,23,24,25,26,27,28). The van der Waals surface area contributed by atoms with Gasteiger partial charge in [-0.2, -0.15) is 23.1 Å². The molecule has 6 nitrogen and oxygen atoms in total. The second-order valence-corrected chi connectivity index (χ2v) is 6.38. The van der Waals surface area contributed by atoms with Crippen LogP contribution >= 0.6 is 0 Å². The van der Waals surface area contributed by atoms with Crippen LogP contribution in [0, 0.1) is 6.92 Å². The average Bonchev–Trinajstić information content (AvgIpc) is 2.60. The molecule has 1 aromatic heterocycles. The molecule has 9 heteroatoms. The predicted octanol–water partition coefficient (Wildman–Crippen LogP) is 4.85. The maximum Gasteiger partial charge on any atom is 0.416 e. The highest BCUT2D eigenvalue weighted by atomic mass is 19.4. The first-order chi connectivity index (χ1) is 13.3. The molecule has 0 radical (unpaired) electrons. The van der Waals surface area contributed by atoms with Gasteiger partial charge in [-0.25, -0.2) is 4.98 Å². The number of aryl methyl sites for hydroxylation is 1. The molecule has 2 aromatic rings. The fourth-order valence-electron chi connectivity index (χ4n) is 2.52. The van der Waals surface area contributed by atoms with E-state index in [2.05, 4.69) is 32.5 Å². The Balaban J connectivity index is 2.05. The lowest BCUT2D eigenvalue weighted by atomic mass is 10.2. The predicted molar refractivity (Wildman–Crippen MR) is 106 cm³/mol. The third kappa shape index (κ3) is 7.05. The normalized spacial score (nSPS) is 12.1. The Morgan fingerprint density at radius 2 is 1.93 bits per heavy atom. The second-order valence-electron chi connectivity index (χ2n) is 6.38. The smallest absolute Gasteiger partial charge is 0.370 e. The van der Waals surface area contributed by atoms with E-state index in [9.17, 15) is 13.2 Å². The molecule has 0 aliphatic carbocycles. The molecule has 0 unspecified atom stereocenters. The summed E-state index contributed by atoms with van der Waals surface area (Å²) >= 11 is 0. The van der Waals surface area contributed by atoms with Gasteiger partial charge < -0.3 is 16.4 Å². The lowest BCUT2D eigenvalue weighted by Gasteiger charge is -2.10. The van der Waals surface area contributed by atoms with E-state index in [0.29, 0.717) is 11.5 Å². The number of nitrogens with two attached hydrogens (primary N) is 1. The molecular weight excluding hydrogens is 369 g/mol. The average molecular weight is 394 g/mol. The minimum Gasteiger partial charge on any atom is -0.370 e. The van der Waals surface area contributed by atoms with Crippen molar-refractivity contribution in [1.82, 2.24) is 9.97 Å². The number of aliphatic imine (C=N–C) groups is 1. The van der Waals surface area contributed by atoms with Gasteiger partial charge in [0.15, 0.2) is 0 Å². The Kier molecular flexibility index (Phi) is 7.60. The Hall–Kier alpha value is -2.84. The van der Waals surface area contributed by atoms with Crippen LogP contribution in [0.3, 0.4) is 0 Å². The van der Waals surface area contributed by atoms with E-state index in [0.717, 1.165) is 31.5 Å². The van der Waals surface area contributed by atoms with Crippen molar-refractivity contribution < 1.29 is 13.2 Å². The van der Waals surface area contributed by atoms with Crippen molar-refractivity contribution in [3.8, 4) is 0 Å². The summed E-state index contributed by atoms with van der Waals surface area (Å²) in [7, 11) is 0. The molecule has 152 valence electrons. The molecule has 0 bridgehead atoms. The molecule has 0 aliphatic rings. The second kappa shape index (κ2) is 9.91. The first-order valence-corrected chi connectivity index (χ1v) is 9.16. The SMILES string of the molecule is CCCCCCNc1cc(C)nc(N=C(N)Nc2cccc(C(F)(F)F)c2)n1. The Morgan fingerprint density at radius 1 is 1.14 bits per heavy atom. The van der Waals surface area contributed by atoms with Gasteiger partial charge in [-0.3, -0.25) is 0 Å². The largest absolute Gasteiger partial charge is 0.416 e. The van der Waals surface area contributed by atoms with Gasteiger partial charge in [0.05, 0.1) is 5.56 Å². The van der Waals surface area contributed by atoms with Crippen molar-refractivity contribution in [2.24, 2.45) is 10.7 Å². The summed E-state index contributed by atoms with van der Waals surface area (Å²) in [5.41, 5.74) is 5.92. The number of nitrogens with one attached hydrogen (secondary N) is 2. The quantitative estimate of drug-likeness (QED) is 0.338. The molecule has 28 heavy (non-hydrogen) atoms. The van der Waals surface area contributed by atoms with Crippen molar-refractivity contribution in [2.45, 2.75) is 45.7 Å². The van der Waals surface area contributed by atoms with Crippen LogP contribution in [-0.2, 0) is 6.18 Å². The summed E-state index contributed by atoms with van der Waals surface area (Å²) in [6.07, 6.45) is 0.115. The summed E-state index contributed by atoms with van der Waals surface area (Å²) in [4.78, 5) is 12.5. The van der Waals surface area contributed by atoms with Crippen molar-refractivity contribution >= 4 is 23.4 Å². The van der Waals surface area contributed by atoms with Crippen LogP contribution in [0.25, 0.3) is 0 Å². The highest BCUT2D eigenvalue weighted by Crippen LogP contribution is 2.30. The Labute approximate surface area is 162 Å². The van der Waals surface area contributed by atoms with Gasteiger partial charge >= 0.3 is 6.18 Å². The van der Waals surface area contributed by atoms with E-state index in [1.54, 1.807) is 13.0 Å². The number of hydrogen-bond donors (Lipinski definition) is 3. The first-order valence-electron chi connectivity index (χ1n) is 9.16. The van der Waals surface area contributed by atoms with Crippen molar-refractivity contribution in [3.63, 3.8) is 0 Å². The summed E-state index contributed by atoms with van der Waals surface area (Å²) in [6, 6.07) is 6.51. The Morgan fingerprint density at radius 3 is 2.64 bits per heavy atom. The number of nitrogens with zero attached hydrogens (tertiary/aromatic N) is 3. The van der Waals surface area contributed by atoms with Gasteiger partial charge in [0.1, 0.15) is 5.82 Å². The third-order valence-electron chi connectivity index (χ3n) is 3.86. The molecule has 0 saturated carbocycles. The number of alkyl halides is 3. The van der Waals surface area contributed by atoms with Crippen molar-refractivity contribution in [3.05, 3.63) is 41.6 Å². The van der Waals surface area contributed by atoms with E-state index in [4.69, 9.17) is 5.73 Å². The molecule has 4 N–H and O–H groups in total. The summed E-state index contributed by atoms with van der Waals surface area (Å²) < 4.78 is 38.4. The van der Waals surface area contributed by atoms with E-state index in [-0.39, 0.29) is 17.6 Å². The summed E-state index contributed by atoms with van der Waals surface area (Å²) in [5, 5.41) is 5.86. The third-order valence-corrected chi connectivity index (χ3v) is 3.86. The van der Waals surface area contributed by atoms with Crippen LogP contribution in [0.15, 0.2) is 35.3 Å². The highest BCUT2D eigenvalue weighted by molar-refractivity contribution is 5.93. The van der Waals surface area contributed by atoms with Crippen LogP contribution in [0.5, 0.6) is 0 Å². The lowest BCUT2D eigenvalue weighted by molar-refractivity contribution is -0.137. The van der Waals surface area contributed by atoms with Gasteiger partial charge in [-0.15, -0.1) is 0 Å². The maximum atomic E-state index is 12.8. The zero-order chi connectivity index (χ0) is 20.6. The van der Waals surface area contributed by atoms with Gasteiger partial charge in [0.25, 0.3) is 5.95 Å². The molecule has 0 fully saturated rings. The van der Waals surface area contributed by atoms with E-state index >= 15 is 0 Å². The van der Waals surface area contributed by atoms with Crippen molar-refractivity contribution in [2.75, 3.05) is 17.2 Å². The van der Waals surface area contributed by atoms with Crippen LogP contribution < -0.4 is 16.4 Å². The molecule has 1 aromatic carbocycles. The molecule has 1 heterocycles. The Bertz CT molecular complexity index is 804. The summed E-state index contributed by atoms with van der Waals surface area (Å²) in [6.45, 7) is 4.75. The minimum absolute atomic E-state index is 0.0983. The zero-order valence-electron chi connectivity index (χ0n) is 16.0. The van der Waals surface area contributed by atoms with Gasteiger partial charge in [0.2, 0.25) is 5.96 Å². The molecule has 0 aliphatic heterocycles. The number of unbranched alkanes of at least 4 members (excludes halogenated alkanes) is 3. The number of rotatable bonds is 8. The number of aromatic nitrogens is 2. The highest BCUT2D eigenvalue weighted by Gasteiger charge is 2.30. The van der Waals surface area contributed by atoms with E-state index in [1.165, 1.54) is 25.0 Å². The van der Waals surface area contributed by atoms with Crippen molar-refractivity contribution in [1.29, 1.82) is 0 Å². The topological polar surface area (TPSA) is 88.2 Å². The fraction of sp³-hybridized carbons (Fsp3) is 0.421. The van der Waals surface area contributed by atoms with Crippen LogP contribution in [0.1, 0.15) is 43.9 Å². The molecule has 0 atom stereocenters. The molecule has 0 amide bonds. The van der Waals surface area contributed by atoms with Crippen LogP contribution in [0.4, 0.5) is 30.6 Å². The maximum absolute atomic E-state index is 12.8. The van der Waals surface area contributed by atoms with Gasteiger partial charge in [-0.1, -0.05) is 32.3 Å². The minimum atomic E-state index is -4.43. The van der Waals surface area contributed by atoms with Gasteiger partial charge in [0, 0.05) is 24.0 Å². The molecule has 0 spiro atoms. The summed E-state index contributed by atoms with van der Waals surface area (Å²) in [5.74, 6) is 0.668. The number of anilines is 2. The molecular formula is C19H25F3N6. The monoisotopic (exact) mass is 394 g/mol. The van der Waals surface area contributed by atoms with Gasteiger partial charge in [-0.05, 0) is 31.5 Å². The number of hydrogen-bond acceptors (Lipinski definition) is 4. The van der Waals surface area contributed by atoms with Crippen LogP contribution in [0.2, 0.25) is 0 Å². The zero-order valence-corrected chi connectivity index (χ0v) is 16.0. The number of halogens is 3. The van der Waals surface area contributed by atoms with Crippen LogP contribution in [-0.4, -0.2) is 22.5 Å². The first kappa shape index (κ1) is 21.5. The molecule has 2 rings (SSSR count). The lowest BCUT2D eigenvalue weighted by Crippen LogP contribution is -2.22. The van der Waals surface area contributed by atoms with E-state index in [1.807, 2.05) is 0 Å². The van der Waals surface area contributed by atoms with E-state index < -0.39 is 11.7 Å². The number of benzene rings is 1. The molecule has 0 saturated heterocycles.